The molecule has 0 aliphatic carbocycles. The largest absolute Gasteiger partial charge is 0.508 e. The van der Waals surface area contributed by atoms with E-state index in [1.165, 1.54) is 0 Å². The van der Waals surface area contributed by atoms with Gasteiger partial charge in [-0.25, -0.2) is 4.21 Å². The maximum atomic E-state index is 12.7. The molecule has 2 aromatic carbocycles. The van der Waals surface area contributed by atoms with Gasteiger partial charge in [0.2, 0.25) is 0 Å². The summed E-state index contributed by atoms with van der Waals surface area (Å²) >= 11 is 0. The van der Waals surface area contributed by atoms with Crippen LogP contribution < -0.4 is 5.32 Å². The summed E-state index contributed by atoms with van der Waals surface area (Å²) in [6.07, 6.45) is 0.690. The van der Waals surface area contributed by atoms with Crippen LogP contribution in [-0.2, 0) is 17.2 Å². The topological polar surface area (TPSA) is 52.6 Å². The Balaban J connectivity index is 1.93. The molecule has 0 fully saturated rings. The van der Waals surface area contributed by atoms with Crippen LogP contribution in [0.3, 0.4) is 0 Å². The molecular formula is C17H20N2O2S. The Kier molecular flexibility index (Phi) is 4.18. The first kappa shape index (κ1) is 15.1. The Labute approximate surface area is 133 Å². The first-order chi connectivity index (χ1) is 10.6. The maximum absolute atomic E-state index is 12.7. The van der Waals surface area contributed by atoms with Crippen LogP contribution in [0.2, 0.25) is 0 Å². The fourth-order valence-electron chi connectivity index (χ4n) is 2.70. The Hall–Kier alpha value is -1.85. The van der Waals surface area contributed by atoms with E-state index in [9.17, 15) is 9.32 Å². The fourth-order valence-corrected chi connectivity index (χ4v) is 4.10. The Bertz CT molecular complexity index is 729. The van der Waals surface area contributed by atoms with E-state index < -0.39 is 10.8 Å². The normalized spacial score (nSPS) is 16.2. The van der Waals surface area contributed by atoms with Crippen LogP contribution in [0, 0.1) is 0 Å². The molecule has 0 aromatic heterocycles. The van der Waals surface area contributed by atoms with E-state index >= 15 is 0 Å². The molecule has 5 heteroatoms. The lowest BCUT2D eigenvalue weighted by Gasteiger charge is -2.22. The maximum Gasteiger partial charge on any atom is 0.115 e. The quantitative estimate of drug-likeness (QED) is 0.776. The Morgan fingerprint density at radius 3 is 2.82 bits per heavy atom. The van der Waals surface area contributed by atoms with Gasteiger partial charge in [0.1, 0.15) is 5.75 Å². The molecule has 2 N–H and O–H groups in total. The SMILES string of the molecule is CN(C)CCNc1cccc2c1Cc1cc(O)ccc1S2=O. The summed E-state index contributed by atoms with van der Waals surface area (Å²) < 4.78 is 12.7. The summed E-state index contributed by atoms with van der Waals surface area (Å²) in [6.45, 7) is 1.77. The number of phenols is 1. The summed E-state index contributed by atoms with van der Waals surface area (Å²) in [4.78, 5) is 3.79. The number of hydrogen-bond donors (Lipinski definition) is 2. The van der Waals surface area contributed by atoms with Crippen LogP contribution in [0.15, 0.2) is 46.2 Å². The predicted molar refractivity (Wildman–Crippen MR) is 89.1 cm³/mol. The lowest BCUT2D eigenvalue weighted by Crippen LogP contribution is -2.22. The second-order valence-corrected chi connectivity index (χ2v) is 7.17. The molecule has 0 spiro atoms. The molecule has 0 amide bonds. The van der Waals surface area contributed by atoms with Crippen LogP contribution in [0.4, 0.5) is 5.69 Å². The molecular weight excluding hydrogens is 296 g/mol. The third-order valence-corrected chi connectivity index (χ3v) is 5.40. The number of benzene rings is 2. The molecule has 0 radical (unpaired) electrons. The first-order valence-corrected chi connectivity index (χ1v) is 8.45. The van der Waals surface area contributed by atoms with Crippen molar-refractivity contribution in [3.8, 4) is 5.75 Å². The molecule has 1 unspecified atom stereocenters. The summed E-state index contributed by atoms with van der Waals surface area (Å²) in [5.74, 6) is 0.220. The van der Waals surface area contributed by atoms with Gasteiger partial charge in [-0.05, 0) is 55.6 Å². The number of likely N-dealkylation sites (N-methyl/N-ethyl adjacent to an activating group) is 1. The number of nitrogens with one attached hydrogen (secondary N) is 1. The van der Waals surface area contributed by atoms with Gasteiger partial charge in [0.05, 0.1) is 10.8 Å². The van der Waals surface area contributed by atoms with Gasteiger partial charge in [-0.3, -0.25) is 0 Å². The minimum Gasteiger partial charge on any atom is -0.508 e. The van der Waals surface area contributed by atoms with Gasteiger partial charge in [0, 0.05) is 35.0 Å². The lowest BCUT2D eigenvalue weighted by atomic mass is 10.0. The monoisotopic (exact) mass is 316 g/mol. The predicted octanol–water partition coefficient (Wildman–Crippen LogP) is 2.44. The van der Waals surface area contributed by atoms with E-state index in [0.717, 1.165) is 39.7 Å². The highest BCUT2D eigenvalue weighted by molar-refractivity contribution is 7.85. The van der Waals surface area contributed by atoms with Gasteiger partial charge in [-0.2, -0.15) is 0 Å². The molecule has 1 aliphatic rings. The second-order valence-electron chi connectivity index (χ2n) is 5.75. The van der Waals surface area contributed by atoms with Gasteiger partial charge >= 0.3 is 0 Å². The molecule has 0 saturated heterocycles. The lowest BCUT2D eigenvalue weighted by molar-refractivity contribution is 0.425. The van der Waals surface area contributed by atoms with E-state index in [1.807, 2.05) is 32.3 Å². The van der Waals surface area contributed by atoms with Crippen LogP contribution in [0.5, 0.6) is 5.75 Å². The van der Waals surface area contributed by atoms with Crippen molar-refractivity contribution >= 4 is 16.5 Å². The van der Waals surface area contributed by atoms with Crippen molar-refractivity contribution in [3.63, 3.8) is 0 Å². The van der Waals surface area contributed by atoms with Crippen molar-refractivity contribution in [2.75, 3.05) is 32.5 Å². The number of hydrogen-bond acceptors (Lipinski definition) is 4. The second kappa shape index (κ2) is 6.10. The first-order valence-electron chi connectivity index (χ1n) is 7.30. The van der Waals surface area contributed by atoms with Gasteiger partial charge in [-0.15, -0.1) is 0 Å². The van der Waals surface area contributed by atoms with Gasteiger partial charge in [0.25, 0.3) is 0 Å². The van der Waals surface area contributed by atoms with Crippen molar-refractivity contribution in [1.82, 2.24) is 4.90 Å². The van der Waals surface area contributed by atoms with Crippen LogP contribution in [0.1, 0.15) is 11.1 Å². The van der Waals surface area contributed by atoms with Crippen molar-refractivity contribution in [1.29, 1.82) is 0 Å². The number of nitrogens with zero attached hydrogens (tertiary/aromatic N) is 1. The molecule has 4 nitrogen and oxygen atoms in total. The Morgan fingerprint density at radius 1 is 1.23 bits per heavy atom. The zero-order chi connectivity index (χ0) is 15.7. The molecule has 1 aliphatic heterocycles. The van der Waals surface area contributed by atoms with Crippen molar-refractivity contribution in [3.05, 3.63) is 47.5 Å². The van der Waals surface area contributed by atoms with Gasteiger partial charge in [0.15, 0.2) is 0 Å². The standard InChI is InChI=1S/C17H20N2O2S/c1-19(2)9-8-18-15-4-3-5-17-14(15)11-12-10-13(20)6-7-16(12)22(17)21/h3-7,10,18,20H,8-9,11H2,1-2H3. The van der Waals surface area contributed by atoms with E-state index in [1.54, 1.807) is 18.2 Å². The van der Waals surface area contributed by atoms with Crippen LogP contribution in [-0.4, -0.2) is 41.4 Å². The average molecular weight is 316 g/mol. The number of fused-ring (bicyclic) bond motifs is 2. The zero-order valence-corrected chi connectivity index (χ0v) is 13.6. The Morgan fingerprint density at radius 2 is 2.05 bits per heavy atom. The van der Waals surface area contributed by atoms with Crippen molar-refractivity contribution in [2.24, 2.45) is 0 Å². The molecule has 22 heavy (non-hydrogen) atoms. The average Bonchev–Trinajstić information content (AvgIpc) is 2.47. The minimum atomic E-state index is -1.18. The third kappa shape index (κ3) is 2.87. The summed E-state index contributed by atoms with van der Waals surface area (Å²) in [5.41, 5.74) is 3.03. The summed E-state index contributed by atoms with van der Waals surface area (Å²) in [6, 6.07) is 11.0. The fraction of sp³-hybridized carbons (Fsp3) is 0.294. The summed E-state index contributed by atoms with van der Waals surface area (Å²) in [7, 11) is 2.89. The molecule has 1 atom stereocenters. The van der Waals surface area contributed by atoms with Crippen molar-refractivity contribution in [2.45, 2.75) is 16.2 Å². The third-order valence-electron chi connectivity index (χ3n) is 3.82. The molecule has 116 valence electrons. The zero-order valence-electron chi connectivity index (χ0n) is 12.8. The highest BCUT2D eigenvalue weighted by Crippen LogP contribution is 2.36. The van der Waals surface area contributed by atoms with Gasteiger partial charge in [-0.1, -0.05) is 6.07 Å². The molecule has 0 saturated carbocycles. The summed E-state index contributed by atoms with van der Waals surface area (Å²) in [5, 5.41) is 13.1. The van der Waals surface area contributed by atoms with E-state index in [2.05, 4.69) is 10.2 Å². The number of anilines is 1. The molecule has 3 rings (SSSR count). The minimum absolute atomic E-state index is 0.220. The molecule has 0 bridgehead atoms. The number of aromatic hydroxyl groups is 1. The number of phenolic OH excluding ortho intramolecular Hbond substituents is 1. The van der Waals surface area contributed by atoms with E-state index in [-0.39, 0.29) is 5.75 Å². The van der Waals surface area contributed by atoms with Gasteiger partial charge < -0.3 is 15.3 Å². The highest BCUT2D eigenvalue weighted by Gasteiger charge is 2.24. The van der Waals surface area contributed by atoms with Crippen LogP contribution >= 0.6 is 0 Å². The number of rotatable bonds is 4. The van der Waals surface area contributed by atoms with E-state index in [0.29, 0.717) is 6.42 Å². The van der Waals surface area contributed by atoms with E-state index in [4.69, 9.17) is 0 Å². The molecule has 1 heterocycles. The van der Waals surface area contributed by atoms with Crippen LogP contribution in [0.25, 0.3) is 0 Å². The smallest absolute Gasteiger partial charge is 0.115 e. The molecule has 2 aromatic rings. The van der Waals surface area contributed by atoms with Crippen molar-refractivity contribution < 1.29 is 9.32 Å². The highest BCUT2D eigenvalue weighted by atomic mass is 32.2.